The molecule has 7 nitrogen and oxygen atoms in total. The molecule has 7 heteroatoms. The second-order valence-electron chi connectivity index (χ2n) is 5.88. The molecule has 0 unspecified atom stereocenters. The van der Waals surface area contributed by atoms with Gasteiger partial charge in [-0.25, -0.2) is 4.79 Å². The van der Waals surface area contributed by atoms with E-state index in [1.54, 1.807) is 30.3 Å². The van der Waals surface area contributed by atoms with Gasteiger partial charge in [0.25, 0.3) is 0 Å². The molecule has 0 atom stereocenters. The number of rotatable bonds is 11. The number of nitrogens with zero attached hydrogens (tertiary/aromatic N) is 1. The molecule has 0 saturated carbocycles. The van der Waals surface area contributed by atoms with E-state index in [0.29, 0.717) is 30.3 Å². The zero-order valence-corrected chi connectivity index (χ0v) is 16.5. The lowest BCUT2D eigenvalue weighted by atomic mass is 10.1. The molecule has 0 radical (unpaired) electrons. The third-order valence-corrected chi connectivity index (χ3v) is 3.57. The van der Waals surface area contributed by atoms with Crippen LogP contribution in [-0.4, -0.2) is 31.6 Å². The maximum atomic E-state index is 11.8. The molecule has 0 aliphatic carbocycles. The number of carbonyl (C=O) groups is 2. The molecule has 0 bridgehead atoms. The molecule has 0 aliphatic rings. The first-order chi connectivity index (χ1) is 13.4. The standard InChI is InChI=1S/C21H26N2O5/c1-4-6-11-27-19-9-7-16(12-20(19)26-5-2)8-10-21(25)28-14-18(24)17(13-22)15(3)23/h7-10,12H,4-6,11,14,23H2,1-3H3/b10-8+,17-15+. The van der Waals surface area contributed by atoms with Crippen molar-refractivity contribution in [1.82, 2.24) is 0 Å². The number of nitriles is 1. The van der Waals surface area contributed by atoms with Crippen molar-refractivity contribution in [1.29, 1.82) is 5.26 Å². The van der Waals surface area contributed by atoms with Crippen molar-refractivity contribution in [2.45, 2.75) is 33.6 Å². The van der Waals surface area contributed by atoms with Crippen LogP contribution in [0, 0.1) is 11.3 Å². The van der Waals surface area contributed by atoms with Crippen molar-refractivity contribution in [3.63, 3.8) is 0 Å². The molecule has 0 spiro atoms. The molecule has 150 valence electrons. The molecule has 1 aromatic carbocycles. The van der Waals surface area contributed by atoms with E-state index in [1.807, 2.05) is 6.92 Å². The van der Waals surface area contributed by atoms with Crippen LogP contribution in [0.25, 0.3) is 6.08 Å². The molecular weight excluding hydrogens is 360 g/mol. The molecule has 0 amide bonds. The van der Waals surface area contributed by atoms with Crippen LogP contribution in [-0.2, 0) is 14.3 Å². The molecule has 0 aromatic heterocycles. The summed E-state index contributed by atoms with van der Waals surface area (Å²) >= 11 is 0. The number of esters is 1. The Balaban J connectivity index is 2.73. The van der Waals surface area contributed by atoms with Gasteiger partial charge in [-0.15, -0.1) is 0 Å². The predicted molar refractivity (Wildman–Crippen MR) is 106 cm³/mol. The summed E-state index contributed by atoms with van der Waals surface area (Å²) in [6.45, 7) is 5.94. The molecule has 0 aliphatic heterocycles. The normalized spacial score (nSPS) is 11.5. The number of benzene rings is 1. The van der Waals surface area contributed by atoms with Crippen molar-refractivity contribution in [3.8, 4) is 17.6 Å². The van der Waals surface area contributed by atoms with Crippen LogP contribution in [0.5, 0.6) is 11.5 Å². The minimum absolute atomic E-state index is 0.0868. The molecule has 0 saturated heterocycles. The van der Waals surface area contributed by atoms with E-state index in [0.717, 1.165) is 12.8 Å². The summed E-state index contributed by atoms with van der Waals surface area (Å²) in [5.41, 5.74) is 6.03. The predicted octanol–water partition coefficient (Wildman–Crippen LogP) is 3.15. The fourth-order valence-electron chi connectivity index (χ4n) is 2.13. The molecule has 28 heavy (non-hydrogen) atoms. The van der Waals surface area contributed by atoms with E-state index in [4.69, 9.17) is 25.2 Å². The van der Waals surface area contributed by atoms with Gasteiger partial charge in [0.1, 0.15) is 11.6 Å². The van der Waals surface area contributed by atoms with E-state index in [9.17, 15) is 9.59 Å². The first kappa shape index (κ1) is 22.8. The zero-order chi connectivity index (χ0) is 20.9. The minimum Gasteiger partial charge on any atom is -0.490 e. The summed E-state index contributed by atoms with van der Waals surface area (Å²) < 4.78 is 16.2. The quantitative estimate of drug-likeness (QED) is 0.269. The van der Waals surface area contributed by atoms with E-state index in [2.05, 4.69) is 6.92 Å². The van der Waals surface area contributed by atoms with Crippen molar-refractivity contribution < 1.29 is 23.8 Å². The number of carbonyl (C=O) groups excluding carboxylic acids is 2. The van der Waals surface area contributed by atoms with Crippen LogP contribution in [0.4, 0.5) is 0 Å². The number of hydrogen-bond donors (Lipinski definition) is 1. The summed E-state index contributed by atoms with van der Waals surface area (Å²) in [6, 6.07) is 7.02. The molecule has 0 heterocycles. The lowest BCUT2D eigenvalue weighted by Gasteiger charge is -2.12. The largest absolute Gasteiger partial charge is 0.490 e. The number of ketones is 1. The first-order valence-electron chi connectivity index (χ1n) is 9.07. The Hall–Kier alpha value is -3.27. The third-order valence-electron chi connectivity index (χ3n) is 3.57. The Morgan fingerprint density at radius 1 is 1.21 bits per heavy atom. The number of hydrogen-bond acceptors (Lipinski definition) is 7. The van der Waals surface area contributed by atoms with Gasteiger partial charge in [-0.2, -0.15) is 5.26 Å². The maximum absolute atomic E-state index is 11.8. The highest BCUT2D eigenvalue weighted by molar-refractivity contribution is 6.01. The minimum atomic E-state index is -0.707. The van der Waals surface area contributed by atoms with Crippen molar-refractivity contribution in [2.24, 2.45) is 5.73 Å². The van der Waals surface area contributed by atoms with Gasteiger partial charge >= 0.3 is 5.97 Å². The van der Waals surface area contributed by atoms with Gasteiger partial charge in [0.2, 0.25) is 5.78 Å². The topological polar surface area (TPSA) is 112 Å². The highest BCUT2D eigenvalue weighted by Crippen LogP contribution is 2.29. The van der Waals surface area contributed by atoms with Crippen molar-refractivity contribution in [2.75, 3.05) is 19.8 Å². The van der Waals surface area contributed by atoms with E-state index in [-0.39, 0.29) is 11.3 Å². The summed E-state index contributed by atoms with van der Waals surface area (Å²) in [5.74, 6) is -0.113. The van der Waals surface area contributed by atoms with Crippen LogP contribution < -0.4 is 15.2 Å². The average Bonchev–Trinajstić information content (AvgIpc) is 2.66. The van der Waals surface area contributed by atoms with Crippen molar-refractivity contribution in [3.05, 3.63) is 41.1 Å². The maximum Gasteiger partial charge on any atom is 0.331 e. The molecule has 0 fully saturated rings. The third kappa shape index (κ3) is 7.54. The SMILES string of the molecule is CCCCOc1ccc(/C=C/C(=O)OCC(=O)/C(C#N)=C(\C)N)cc1OCC. The molecule has 2 N–H and O–H groups in total. The summed E-state index contributed by atoms with van der Waals surface area (Å²) in [5, 5.41) is 8.86. The Morgan fingerprint density at radius 3 is 2.57 bits per heavy atom. The summed E-state index contributed by atoms with van der Waals surface area (Å²) in [4.78, 5) is 23.6. The monoisotopic (exact) mass is 386 g/mol. The van der Waals surface area contributed by atoms with Crippen molar-refractivity contribution >= 4 is 17.8 Å². The van der Waals surface area contributed by atoms with Crippen LogP contribution >= 0.6 is 0 Å². The van der Waals surface area contributed by atoms with Gasteiger partial charge < -0.3 is 19.9 Å². The Labute approximate surface area is 165 Å². The molecule has 1 rings (SSSR count). The Morgan fingerprint density at radius 2 is 1.96 bits per heavy atom. The van der Waals surface area contributed by atoms with Crippen LogP contribution in [0.15, 0.2) is 35.5 Å². The van der Waals surface area contributed by atoms with Crippen LogP contribution in [0.3, 0.4) is 0 Å². The van der Waals surface area contributed by atoms with Gasteiger partial charge in [-0.3, -0.25) is 4.79 Å². The highest BCUT2D eigenvalue weighted by Gasteiger charge is 2.13. The number of unbranched alkanes of at least 4 members (excludes halogenated alkanes) is 1. The lowest BCUT2D eigenvalue weighted by molar-refractivity contribution is -0.141. The Kier molecular flexibility index (Phi) is 9.90. The first-order valence-corrected chi connectivity index (χ1v) is 9.07. The van der Waals surface area contributed by atoms with E-state index >= 15 is 0 Å². The van der Waals surface area contributed by atoms with E-state index in [1.165, 1.54) is 13.0 Å². The second-order valence-corrected chi connectivity index (χ2v) is 5.88. The summed E-state index contributed by atoms with van der Waals surface area (Å²) in [7, 11) is 0. The Bertz CT molecular complexity index is 786. The number of Topliss-reactive ketones (excluding diaryl/α,β-unsaturated/α-hetero) is 1. The zero-order valence-electron chi connectivity index (χ0n) is 16.5. The van der Waals surface area contributed by atoms with Gasteiger partial charge in [-0.05, 0) is 44.0 Å². The van der Waals surface area contributed by atoms with Gasteiger partial charge in [0.15, 0.2) is 18.1 Å². The fraction of sp³-hybridized carbons (Fsp3) is 0.381. The fourth-order valence-corrected chi connectivity index (χ4v) is 2.13. The number of allylic oxidation sites excluding steroid dienone is 1. The highest BCUT2D eigenvalue weighted by atomic mass is 16.5. The second kappa shape index (κ2) is 12.2. The van der Waals surface area contributed by atoms with Crippen LogP contribution in [0.2, 0.25) is 0 Å². The summed E-state index contributed by atoms with van der Waals surface area (Å²) in [6.07, 6.45) is 4.72. The smallest absolute Gasteiger partial charge is 0.331 e. The number of ether oxygens (including phenoxy) is 3. The molecule has 1 aromatic rings. The average molecular weight is 386 g/mol. The lowest BCUT2D eigenvalue weighted by Crippen LogP contribution is -2.16. The van der Waals surface area contributed by atoms with Gasteiger partial charge in [0.05, 0.1) is 13.2 Å². The van der Waals surface area contributed by atoms with Gasteiger partial charge in [0, 0.05) is 11.8 Å². The van der Waals surface area contributed by atoms with Crippen LogP contribution in [0.1, 0.15) is 39.2 Å². The van der Waals surface area contributed by atoms with Gasteiger partial charge in [-0.1, -0.05) is 19.4 Å². The van der Waals surface area contributed by atoms with E-state index < -0.39 is 18.4 Å². The number of nitrogens with two attached hydrogens (primary N) is 1. The molecular formula is C21H26N2O5.